The van der Waals surface area contributed by atoms with Gasteiger partial charge in [-0.05, 0) is 63.0 Å². The topological polar surface area (TPSA) is 101 Å². The van der Waals surface area contributed by atoms with Gasteiger partial charge in [0.2, 0.25) is 5.78 Å². The quantitative estimate of drug-likeness (QED) is 0.394. The molecule has 3 saturated carbocycles. The molecule has 3 fully saturated rings. The van der Waals surface area contributed by atoms with E-state index >= 15 is 4.39 Å². The Morgan fingerprint density at radius 3 is 2.68 bits per heavy atom. The Balaban J connectivity index is 1.65. The smallest absolute Gasteiger partial charge is 0.306 e. The first-order valence-electron chi connectivity index (χ1n) is 12.1. The molecule has 0 amide bonds. The molecule has 8 heteroatoms. The van der Waals surface area contributed by atoms with Gasteiger partial charge < -0.3 is 14.9 Å². The molecule has 6 nitrogen and oxygen atoms in total. The van der Waals surface area contributed by atoms with Crippen molar-refractivity contribution in [3.63, 3.8) is 0 Å². The second-order valence-electron chi connectivity index (χ2n) is 11.0. The molecular weight excluding hydrogens is 507 g/mol. The third-order valence-electron chi connectivity index (χ3n) is 9.53. The fourth-order valence-corrected chi connectivity index (χ4v) is 7.96. The first-order chi connectivity index (χ1) is 15.9. The van der Waals surface area contributed by atoms with Crippen molar-refractivity contribution in [3.8, 4) is 0 Å². The molecule has 8 unspecified atom stereocenters. The summed E-state index contributed by atoms with van der Waals surface area (Å²) >= 11 is 3.25. The highest BCUT2D eigenvalue weighted by Crippen LogP contribution is 2.70. The van der Waals surface area contributed by atoms with Crippen LogP contribution in [0, 0.1) is 28.6 Å². The number of ether oxygens (including phenoxy) is 1. The molecular formula is C26H34BrFO6. The summed E-state index contributed by atoms with van der Waals surface area (Å²) in [4.78, 5) is 37.2. The summed E-state index contributed by atoms with van der Waals surface area (Å²) in [6, 6.07) is 0. The highest BCUT2D eigenvalue weighted by molar-refractivity contribution is 9.09. The normalized spacial score (nSPS) is 45.1. The standard InChI is InChI=1S/C26H34BrFO6/c1-15-11-19-18-7-6-16-12-17(29)8-9-23(16,2)25(18,28)20(30)13-24(19,3)26(15,33)21(31)14-34-22(32)5-4-10-27/h8-9,12,15,18-20,30,33H,4-7,10-11,13-14H2,1-3H3. The molecule has 0 saturated heterocycles. The number of fused-ring (bicyclic) bond motifs is 5. The maximum atomic E-state index is 17.1. The first-order valence-corrected chi connectivity index (χ1v) is 13.3. The van der Waals surface area contributed by atoms with E-state index in [1.54, 1.807) is 26.8 Å². The number of esters is 1. The number of hydrogen-bond donors (Lipinski definition) is 2. The van der Waals surface area contributed by atoms with Crippen LogP contribution in [0.15, 0.2) is 23.8 Å². The van der Waals surface area contributed by atoms with Crippen LogP contribution in [0.4, 0.5) is 4.39 Å². The van der Waals surface area contributed by atoms with E-state index in [1.807, 2.05) is 0 Å². The van der Waals surface area contributed by atoms with Gasteiger partial charge in [-0.2, -0.15) is 0 Å². The van der Waals surface area contributed by atoms with Crippen LogP contribution in [-0.2, 0) is 19.1 Å². The molecule has 0 bridgehead atoms. The van der Waals surface area contributed by atoms with E-state index in [2.05, 4.69) is 15.9 Å². The Morgan fingerprint density at radius 1 is 1.29 bits per heavy atom. The maximum Gasteiger partial charge on any atom is 0.306 e. The SMILES string of the molecule is CC1CC2C3CCC4=CC(=O)C=CC4(C)C3(F)C(O)CC2(C)C1(O)C(=O)COC(=O)CCCBr. The number of carbonyl (C=O) groups excluding carboxylic acids is 3. The summed E-state index contributed by atoms with van der Waals surface area (Å²) in [6.45, 7) is 4.74. The van der Waals surface area contributed by atoms with Crippen LogP contribution in [0.1, 0.15) is 59.3 Å². The number of rotatable bonds is 6. The summed E-state index contributed by atoms with van der Waals surface area (Å²) in [5.41, 5.74) is -5.37. The van der Waals surface area contributed by atoms with Gasteiger partial charge in [-0.15, -0.1) is 0 Å². The molecule has 188 valence electrons. The number of Topliss-reactive ketones (excluding diaryl/α,β-unsaturated/α-hetero) is 1. The lowest BCUT2D eigenvalue weighted by atomic mass is 9.44. The first kappa shape index (κ1) is 25.7. The van der Waals surface area contributed by atoms with Crippen LogP contribution in [0.3, 0.4) is 0 Å². The molecule has 34 heavy (non-hydrogen) atoms. The molecule has 4 rings (SSSR count). The van der Waals surface area contributed by atoms with E-state index < -0.39 is 58.4 Å². The molecule has 4 aliphatic carbocycles. The van der Waals surface area contributed by atoms with Gasteiger partial charge in [-0.3, -0.25) is 14.4 Å². The molecule has 4 aliphatic rings. The molecule has 0 radical (unpaired) electrons. The predicted molar refractivity (Wildman–Crippen MR) is 127 cm³/mol. The van der Waals surface area contributed by atoms with Gasteiger partial charge in [0, 0.05) is 28.5 Å². The lowest BCUT2D eigenvalue weighted by Crippen LogP contribution is -2.69. The molecule has 0 aromatic carbocycles. The van der Waals surface area contributed by atoms with Crippen molar-refractivity contribution < 1.29 is 33.7 Å². The van der Waals surface area contributed by atoms with Gasteiger partial charge >= 0.3 is 5.97 Å². The second-order valence-corrected chi connectivity index (χ2v) is 11.8. The van der Waals surface area contributed by atoms with Crippen LogP contribution in [-0.4, -0.2) is 57.1 Å². The zero-order valence-electron chi connectivity index (χ0n) is 20.0. The second kappa shape index (κ2) is 8.63. The molecule has 0 aliphatic heterocycles. The summed E-state index contributed by atoms with van der Waals surface area (Å²) in [7, 11) is 0. The Labute approximate surface area is 208 Å². The zero-order valence-corrected chi connectivity index (χ0v) is 21.6. The van der Waals surface area contributed by atoms with Crippen molar-refractivity contribution in [2.75, 3.05) is 11.9 Å². The Hall–Kier alpha value is -1.38. The van der Waals surface area contributed by atoms with E-state index in [0.29, 0.717) is 36.6 Å². The number of alkyl halides is 2. The van der Waals surface area contributed by atoms with Crippen molar-refractivity contribution >= 4 is 33.5 Å². The number of carbonyl (C=O) groups is 3. The van der Waals surface area contributed by atoms with E-state index in [1.165, 1.54) is 12.2 Å². The summed E-state index contributed by atoms with van der Waals surface area (Å²) in [5, 5.41) is 23.8. The number of aliphatic hydroxyl groups is 2. The molecule has 0 spiro atoms. The third-order valence-corrected chi connectivity index (χ3v) is 10.1. The van der Waals surface area contributed by atoms with Gasteiger partial charge in [0.15, 0.2) is 18.1 Å². The van der Waals surface area contributed by atoms with E-state index in [0.717, 1.165) is 0 Å². The molecule has 0 aromatic heterocycles. The number of halogens is 2. The van der Waals surface area contributed by atoms with Crippen LogP contribution in [0.2, 0.25) is 0 Å². The van der Waals surface area contributed by atoms with E-state index in [4.69, 9.17) is 4.74 Å². The van der Waals surface area contributed by atoms with Crippen LogP contribution in [0.25, 0.3) is 0 Å². The predicted octanol–water partition coefficient (Wildman–Crippen LogP) is 3.62. The van der Waals surface area contributed by atoms with Crippen LogP contribution in [0.5, 0.6) is 0 Å². The minimum absolute atomic E-state index is 0.0978. The van der Waals surface area contributed by atoms with Crippen LogP contribution >= 0.6 is 15.9 Å². The van der Waals surface area contributed by atoms with Gasteiger partial charge in [0.05, 0.1) is 6.10 Å². The number of aliphatic hydroxyl groups excluding tert-OH is 1. The largest absolute Gasteiger partial charge is 0.458 e. The van der Waals surface area contributed by atoms with E-state index in [9.17, 15) is 24.6 Å². The van der Waals surface area contributed by atoms with E-state index in [-0.39, 0.29) is 24.5 Å². The molecule has 0 heterocycles. The Bertz CT molecular complexity index is 963. The number of hydrogen-bond acceptors (Lipinski definition) is 6. The highest BCUT2D eigenvalue weighted by atomic mass is 79.9. The van der Waals surface area contributed by atoms with Gasteiger partial charge in [-0.1, -0.05) is 41.4 Å². The lowest BCUT2D eigenvalue weighted by Gasteiger charge is -2.62. The number of ketones is 2. The molecule has 8 atom stereocenters. The zero-order chi connectivity index (χ0) is 25.1. The fraction of sp³-hybridized carbons (Fsp3) is 0.731. The summed E-state index contributed by atoms with van der Waals surface area (Å²) in [5.74, 6) is -2.70. The van der Waals surface area contributed by atoms with Crippen molar-refractivity contribution in [1.82, 2.24) is 0 Å². The average molecular weight is 541 g/mol. The minimum Gasteiger partial charge on any atom is -0.458 e. The van der Waals surface area contributed by atoms with Crippen LogP contribution < -0.4 is 0 Å². The Kier molecular flexibility index (Phi) is 6.52. The molecule has 0 aromatic rings. The maximum absolute atomic E-state index is 17.1. The highest BCUT2D eigenvalue weighted by Gasteiger charge is 2.75. The lowest BCUT2D eigenvalue weighted by molar-refractivity contribution is -0.220. The molecule has 2 N–H and O–H groups in total. The van der Waals surface area contributed by atoms with Crippen molar-refractivity contribution in [3.05, 3.63) is 23.8 Å². The van der Waals surface area contributed by atoms with Crippen molar-refractivity contribution in [1.29, 1.82) is 0 Å². The monoisotopic (exact) mass is 540 g/mol. The Morgan fingerprint density at radius 2 is 2.00 bits per heavy atom. The van der Waals surface area contributed by atoms with Gasteiger partial charge in [0.1, 0.15) is 5.60 Å². The summed E-state index contributed by atoms with van der Waals surface area (Å²) < 4.78 is 22.3. The summed E-state index contributed by atoms with van der Waals surface area (Å²) in [6.07, 6.45) is 5.03. The fourth-order valence-electron chi connectivity index (χ4n) is 7.68. The van der Waals surface area contributed by atoms with Gasteiger partial charge in [-0.25, -0.2) is 4.39 Å². The van der Waals surface area contributed by atoms with Gasteiger partial charge in [0.25, 0.3) is 0 Å². The van der Waals surface area contributed by atoms with Crippen molar-refractivity contribution in [2.45, 2.75) is 76.7 Å². The minimum atomic E-state index is -2.02. The number of allylic oxidation sites excluding steroid dienone is 4. The van der Waals surface area contributed by atoms with Crippen molar-refractivity contribution in [2.24, 2.45) is 28.6 Å². The average Bonchev–Trinajstić information content (AvgIpc) is 2.99. The third kappa shape index (κ3) is 3.34.